The molecule has 1 fully saturated rings. The van der Waals surface area contributed by atoms with Crippen LogP contribution >= 0.6 is 0 Å². The van der Waals surface area contributed by atoms with E-state index in [1.165, 1.54) is 5.52 Å². The van der Waals surface area contributed by atoms with Crippen LogP contribution in [-0.2, 0) is 22.8 Å². The molecule has 8 heteroatoms. The Morgan fingerprint density at radius 2 is 1.92 bits per heavy atom. The van der Waals surface area contributed by atoms with Gasteiger partial charge in [-0.3, -0.25) is 0 Å². The van der Waals surface area contributed by atoms with Gasteiger partial charge in [0, 0.05) is 50.6 Å². The van der Waals surface area contributed by atoms with Crippen LogP contribution < -0.4 is 0 Å². The maximum Gasteiger partial charge on any atom is 0.410 e. The summed E-state index contributed by atoms with van der Waals surface area (Å²) >= 11 is 0. The number of fused-ring (bicyclic) bond motifs is 3. The van der Waals surface area contributed by atoms with E-state index >= 15 is 0 Å². The summed E-state index contributed by atoms with van der Waals surface area (Å²) in [5.74, 6) is 0. The number of hydrogen-bond acceptors (Lipinski definition) is 4. The highest BCUT2D eigenvalue weighted by atomic mass is 28.3. The zero-order chi connectivity index (χ0) is 26.0. The summed E-state index contributed by atoms with van der Waals surface area (Å²) in [6.45, 7) is 11.5. The lowest BCUT2D eigenvalue weighted by atomic mass is 9.97. The average Bonchev–Trinajstić information content (AvgIpc) is 3.49. The molecule has 1 aromatic carbocycles. The maximum atomic E-state index is 13.0. The van der Waals surface area contributed by atoms with E-state index in [1.807, 2.05) is 41.4 Å². The van der Waals surface area contributed by atoms with E-state index < -0.39 is 8.07 Å². The van der Waals surface area contributed by atoms with Crippen LogP contribution in [0.15, 0.2) is 61.1 Å². The molecule has 37 heavy (non-hydrogen) atoms. The van der Waals surface area contributed by atoms with Crippen LogP contribution in [0.1, 0.15) is 31.4 Å². The van der Waals surface area contributed by atoms with Gasteiger partial charge in [-0.25, -0.2) is 9.78 Å². The smallest absolute Gasteiger partial charge is 0.410 e. The lowest BCUT2D eigenvalue weighted by molar-refractivity contribution is 0.0570. The molecule has 0 unspecified atom stereocenters. The first-order chi connectivity index (χ1) is 17.8. The Labute approximate surface area is 220 Å². The van der Waals surface area contributed by atoms with E-state index in [4.69, 9.17) is 14.5 Å². The van der Waals surface area contributed by atoms with Crippen molar-refractivity contribution in [2.75, 3.05) is 13.2 Å². The molecule has 0 aliphatic carbocycles. The summed E-state index contributed by atoms with van der Waals surface area (Å²) in [4.78, 5) is 19.7. The topological polar surface area (TPSA) is 61.5 Å². The molecule has 0 radical (unpaired) electrons. The second kappa shape index (κ2) is 10.7. The van der Waals surface area contributed by atoms with Crippen molar-refractivity contribution in [1.82, 2.24) is 19.0 Å². The zero-order valence-corrected chi connectivity index (χ0v) is 23.4. The fourth-order valence-corrected chi connectivity index (χ4v) is 6.02. The lowest BCUT2D eigenvalue weighted by Crippen LogP contribution is -2.47. The molecule has 0 saturated carbocycles. The highest BCUT2D eigenvalue weighted by Crippen LogP contribution is 2.34. The van der Waals surface area contributed by atoms with Crippen LogP contribution in [0.25, 0.3) is 21.9 Å². The summed E-state index contributed by atoms with van der Waals surface area (Å²) in [6, 6.07) is 15.4. The van der Waals surface area contributed by atoms with Gasteiger partial charge in [0.05, 0.1) is 17.6 Å². The van der Waals surface area contributed by atoms with Gasteiger partial charge in [0.1, 0.15) is 19.0 Å². The molecule has 1 amide bonds. The molecular weight excluding hydrogens is 480 g/mol. The first-order valence-electron chi connectivity index (χ1n) is 13.3. The second-order valence-corrected chi connectivity index (χ2v) is 17.0. The summed E-state index contributed by atoms with van der Waals surface area (Å²) in [5, 5.41) is 2.23. The van der Waals surface area contributed by atoms with E-state index in [0.717, 1.165) is 47.5 Å². The number of benzene rings is 1. The number of pyridine rings is 1. The van der Waals surface area contributed by atoms with Crippen LogP contribution in [-0.4, -0.2) is 52.4 Å². The van der Waals surface area contributed by atoms with E-state index in [2.05, 4.69) is 60.2 Å². The Morgan fingerprint density at radius 3 is 2.70 bits per heavy atom. The lowest BCUT2D eigenvalue weighted by Gasteiger charge is -2.39. The number of carbonyl (C=O) groups excluding carboxylic acids is 1. The number of nitrogens with zero attached hydrogens (tertiary/aromatic N) is 4. The van der Waals surface area contributed by atoms with Crippen molar-refractivity contribution in [2.24, 2.45) is 0 Å². The third-order valence-corrected chi connectivity index (χ3v) is 9.14. The predicted octanol–water partition coefficient (Wildman–Crippen LogP) is 6.67. The molecule has 0 spiro atoms. The maximum absolute atomic E-state index is 13.0. The number of amides is 1. The quantitative estimate of drug-likeness (QED) is 0.193. The van der Waals surface area contributed by atoms with Gasteiger partial charge in [-0.05, 0) is 43.5 Å². The molecule has 5 rings (SSSR count). The van der Waals surface area contributed by atoms with Gasteiger partial charge in [0.15, 0.2) is 0 Å². The monoisotopic (exact) mass is 518 g/mol. The molecule has 4 heterocycles. The van der Waals surface area contributed by atoms with Crippen LogP contribution in [0.4, 0.5) is 4.79 Å². The van der Waals surface area contributed by atoms with E-state index in [1.54, 1.807) is 0 Å². The number of carbonyl (C=O) groups is 1. The highest BCUT2D eigenvalue weighted by Gasteiger charge is 2.34. The fourth-order valence-electron chi connectivity index (χ4n) is 5.26. The van der Waals surface area contributed by atoms with Crippen molar-refractivity contribution in [3.8, 4) is 0 Å². The van der Waals surface area contributed by atoms with Gasteiger partial charge in [-0.2, -0.15) is 0 Å². The normalized spacial score (nSPS) is 18.5. The van der Waals surface area contributed by atoms with Crippen molar-refractivity contribution >= 4 is 36.1 Å². The second-order valence-electron chi connectivity index (χ2n) is 11.3. The summed E-state index contributed by atoms with van der Waals surface area (Å²) in [6.07, 6.45) is 7.87. The largest absolute Gasteiger partial charge is 0.445 e. The molecule has 2 atom stereocenters. The van der Waals surface area contributed by atoms with Gasteiger partial charge < -0.3 is 23.5 Å². The summed E-state index contributed by atoms with van der Waals surface area (Å²) < 4.78 is 16.1. The molecule has 3 aromatic heterocycles. The van der Waals surface area contributed by atoms with Crippen molar-refractivity contribution in [1.29, 1.82) is 0 Å². The molecule has 1 aliphatic rings. The SMILES string of the molecule is C[C@@H]1[C@H](n2ccc3cnc4c(ccn4COCC[Si](C)(C)C)c32)CCCN1C(=O)OCc1ccccc1. The van der Waals surface area contributed by atoms with Crippen LogP contribution in [0.3, 0.4) is 0 Å². The number of likely N-dealkylation sites (tertiary alicyclic amines) is 1. The molecule has 0 bridgehead atoms. The summed E-state index contributed by atoms with van der Waals surface area (Å²) in [7, 11) is -1.12. The highest BCUT2D eigenvalue weighted by molar-refractivity contribution is 6.76. The minimum atomic E-state index is -1.12. The van der Waals surface area contributed by atoms with Crippen LogP contribution in [0.2, 0.25) is 25.7 Å². The van der Waals surface area contributed by atoms with Gasteiger partial charge in [0.2, 0.25) is 0 Å². The molecule has 4 aromatic rings. The molecule has 1 saturated heterocycles. The Hall–Kier alpha value is -3.10. The van der Waals surface area contributed by atoms with E-state index in [-0.39, 0.29) is 18.2 Å². The van der Waals surface area contributed by atoms with Crippen LogP contribution in [0.5, 0.6) is 0 Å². The van der Waals surface area contributed by atoms with Gasteiger partial charge in [0.25, 0.3) is 0 Å². The molecule has 7 nitrogen and oxygen atoms in total. The number of piperidine rings is 1. The van der Waals surface area contributed by atoms with Gasteiger partial charge >= 0.3 is 6.09 Å². The van der Waals surface area contributed by atoms with Gasteiger partial charge in [-0.15, -0.1) is 0 Å². The minimum absolute atomic E-state index is 0.0165. The molecule has 1 aliphatic heterocycles. The number of rotatable bonds is 8. The first-order valence-corrected chi connectivity index (χ1v) is 17.0. The minimum Gasteiger partial charge on any atom is -0.445 e. The average molecular weight is 519 g/mol. The fraction of sp³-hybridized carbons (Fsp3) is 0.448. The van der Waals surface area contributed by atoms with Crippen molar-refractivity contribution in [3.05, 3.63) is 66.6 Å². The van der Waals surface area contributed by atoms with E-state index in [0.29, 0.717) is 19.9 Å². The Bertz CT molecular complexity index is 1360. The Balaban J connectivity index is 1.34. The third kappa shape index (κ3) is 5.60. The Morgan fingerprint density at radius 1 is 1.11 bits per heavy atom. The van der Waals surface area contributed by atoms with Crippen molar-refractivity contribution < 1.29 is 14.3 Å². The summed E-state index contributed by atoms with van der Waals surface area (Å²) in [5.41, 5.74) is 3.10. The molecule has 196 valence electrons. The van der Waals surface area contributed by atoms with Crippen LogP contribution in [0, 0.1) is 0 Å². The first kappa shape index (κ1) is 25.5. The zero-order valence-electron chi connectivity index (χ0n) is 22.4. The standard InChI is InChI=1S/C29H38N4O3Si/c1-22-26(11-8-14-32(22)29(34)36-20-23-9-6-5-7-10-23)33-16-12-24-19-30-28-25(27(24)33)13-15-31(28)21-35-17-18-37(2,3)4/h5-7,9-10,12-13,15-16,19,22,26H,8,11,14,17-18,20-21H2,1-4H3/t22-,26-/m1/s1. The predicted molar refractivity (Wildman–Crippen MR) is 150 cm³/mol. The number of aromatic nitrogens is 3. The number of ether oxygens (including phenoxy) is 2. The number of hydrogen-bond donors (Lipinski definition) is 0. The van der Waals surface area contributed by atoms with Crippen molar-refractivity contribution in [2.45, 2.75) is 70.9 Å². The molecular formula is C29H38N4O3Si. The molecule has 0 N–H and O–H groups in total. The Kier molecular flexibility index (Phi) is 7.39. The van der Waals surface area contributed by atoms with Crippen molar-refractivity contribution in [3.63, 3.8) is 0 Å². The van der Waals surface area contributed by atoms with E-state index in [9.17, 15) is 4.79 Å². The van der Waals surface area contributed by atoms with Gasteiger partial charge in [-0.1, -0.05) is 50.0 Å². The third-order valence-electron chi connectivity index (χ3n) is 7.43.